The van der Waals surface area contributed by atoms with Gasteiger partial charge in [-0.05, 0) is 19.1 Å². The van der Waals surface area contributed by atoms with Gasteiger partial charge in [-0.15, -0.1) is 11.3 Å². The molecule has 0 amide bonds. The van der Waals surface area contributed by atoms with Crippen molar-refractivity contribution in [2.24, 2.45) is 0 Å². The number of rotatable bonds is 2. The first kappa shape index (κ1) is 11.8. The SMILES string of the molecule is CC(=O)OCc1sc2ccccc2c(=O)c1C. The third-order valence-corrected chi connectivity index (χ3v) is 3.78. The molecule has 4 heteroatoms. The van der Waals surface area contributed by atoms with Gasteiger partial charge in [0.25, 0.3) is 0 Å². The van der Waals surface area contributed by atoms with Crippen molar-refractivity contribution in [2.75, 3.05) is 0 Å². The van der Waals surface area contributed by atoms with Gasteiger partial charge >= 0.3 is 5.97 Å². The second-order valence-corrected chi connectivity index (χ2v) is 4.89. The van der Waals surface area contributed by atoms with Gasteiger partial charge in [-0.2, -0.15) is 0 Å². The summed E-state index contributed by atoms with van der Waals surface area (Å²) >= 11 is 1.49. The van der Waals surface area contributed by atoms with Gasteiger partial charge < -0.3 is 4.74 Å². The lowest BCUT2D eigenvalue weighted by Gasteiger charge is -2.06. The van der Waals surface area contributed by atoms with E-state index >= 15 is 0 Å². The van der Waals surface area contributed by atoms with E-state index in [0.717, 1.165) is 15.0 Å². The molecule has 3 nitrogen and oxygen atoms in total. The van der Waals surface area contributed by atoms with Crippen LogP contribution in [0.1, 0.15) is 17.4 Å². The van der Waals surface area contributed by atoms with Crippen LogP contribution in [0.5, 0.6) is 0 Å². The van der Waals surface area contributed by atoms with E-state index in [9.17, 15) is 9.59 Å². The van der Waals surface area contributed by atoms with Crippen molar-refractivity contribution in [3.63, 3.8) is 0 Å². The fourth-order valence-corrected chi connectivity index (χ4v) is 2.63. The first-order valence-electron chi connectivity index (χ1n) is 5.24. The van der Waals surface area contributed by atoms with E-state index in [4.69, 9.17) is 4.74 Å². The van der Waals surface area contributed by atoms with Crippen molar-refractivity contribution in [3.05, 3.63) is 44.9 Å². The number of benzene rings is 1. The molecule has 0 spiro atoms. The van der Waals surface area contributed by atoms with Gasteiger partial charge in [0.15, 0.2) is 5.43 Å². The Morgan fingerprint density at radius 2 is 2.06 bits per heavy atom. The first-order chi connectivity index (χ1) is 8.09. The number of hydrogen-bond acceptors (Lipinski definition) is 4. The van der Waals surface area contributed by atoms with Crippen molar-refractivity contribution < 1.29 is 9.53 Å². The molecule has 1 heterocycles. The highest BCUT2D eigenvalue weighted by molar-refractivity contribution is 7.18. The number of hydrogen-bond donors (Lipinski definition) is 0. The van der Waals surface area contributed by atoms with Gasteiger partial charge in [0.2, 0.25) is 0 Å². The largest absolute Gasteiger partial charge is 0.460 e. The number of carbonyl (C=O) groups excluding carboxylic acids is 1. The molecule has 0 saturated carbocycles. The monoisotopic (exact) mass is 248 g/mol. The highest BCUT2D eigenvalue weighted by Gasteiger charge is 2.09. The average Bonchev–Trinajstić information content (AvgIpc) is 2.32. The third kappa shape index (κ3) is 2.36. The smallest absolute Gasteiger partial charge is 0.302 e. The molecule has 0 saturated heterocycles. The van der Waals surface area contributed by atoms with E-state index in [2.05, 4.69) is 0 Å². The lowest BCUT2D eigenvalue weighted by atomic mass is 10.2. The molecule has 2 aromatic rings. The minimum atomic E-state index is -0.336. The summed E-state index contributed by atoms with van der Waals surface area (Å²) in [4.78, 5) is 23.7. The van der Waals surface area contributed by atoms with E-state index in [1.54, 1.807) is 6.92 Å². The molecule has 0 unspecified atom stereocenters. The van der Waals surface area contributed by atoms with Crippen molar-refractivity contribution in [2.45, 2.75) is 20.5 Å². The highest BCUT2D eigenvalue weighted by Crippen LogP contribution is 2.22. The zero-order chi connectivity index (χ0) is 12.4. The van der Waals surface area contributed by atoms with Crippen LogP contribution in [0.4, 0.5) is 0 Å². The van der Waals surface area contributed by atoms with Gasteiger partial charge in [-0.25, -0.2) is 0 Å². The molecule has 0 atom stereocenters. The molecule has 0 aliphatic heterocycles. The Labute approximate surface area is 103 Å². The molecule has 88 valence electrons. The second-order valence-electron chi connectivity index (χ2n) is 3.76. The predicted molar refractivity (Wildman–Crippen MR) is 68.3 cm³/mol. The Morgan fingerprint density at radius 1 is 1.35 bits per heavy atom. The van der Waals surface area contributed by atoms with E-state index in [0.29, 0.717) is 5.56 Å². The van der Waals surface area contributed by atoms with E-state index < -0.39 is 0 Å². The maximum atomic E-state index is 12.1. The molecule has 1 aromatic carbocycles. The number of carbonyl (C=O) groups is 1. The summed E-state index contributed by atoms with van der Waals surface area (Å²) in [6.45, 7) is 3.30. The number of esters is 1. The van der Waals surface area contributed by atoms with E-state index in [-0.39, 0.29) is 18.0 Å². The van der Waals surface area contributed by atoms with Crippen LogP contribution in [0.3, 0.4) is 0 Å². The highest BCUT2D eigenvalue weighted by atomic mass is 32.1. The second kappa shape index (κ2) is 4.67. The molecular weight excluding hydrogens is 236 g/mol. The molecular formula is C13H12O3S. The van der Waals surface area contributed by atoms with Crippen molar-refractivity contribution in [1.29, 1.82) is 0 Å². The Bertz CT molecular complexity index is 628. The fourth-order valence-electron chi connectivity index (χ4n) is 1.59. The first-order valence-corrected chi connectivity index (χ1v) is 6.06. The zero-order valence-electron chi connectivity index (χ0n) is 9.65. The molecule has 2 rings (SSSR count). The van der Waals surface area contributed by atoms with E-state index in [1.165, 1.54) is 18.3 Å². The molecule has 0 fully saturated rings. The summed E-state index contributed by atoms with van der Waals surface area (Å²) < 4.78 is 5.87. The topological polar surface area (TPSA) is 43.4 Å². The summed E-state index contributed by atoms with van der Waals surface area (Å²) in [6, 6.07) is 7.46. The summed E-state index contributed by atoms with van der Waals surface area (Å²) in [7, 11) is 0. The lowest BCUT2D eigenvalue weighted by molar-refractivity contribution is -0.142. The minimum absolute atomic E-state index is 0.0153. The zero-order valence-corrected chi connectivity index (χ0v) is 10.5. The van der Waals surface area contributed by atoms with Crippen LogP contribution < -0.4 is 5.43 Å². The Balaban J connectivity index is 2.54. The standard InChI is InChI=1S/C13H12O3S/c1-8-12(7-16-9(2)14)17-11-6-4-3-5-10(11)13(8)15/h3-6H,7H2,1-2H3. The predicted octanol–water partition coefficient (Wildman–Crippen LogP) is 2.63. The van der Waals surface area contributed by atoms with Crippen LogP contribution in [0.15, 0.2) is 29.1 Å². The molecule has 0 radical (unpaired) electrons. The molecule has 0 N–H and O–H groups in total. The summed E-state index contributed by atoms with van der Waals surface area (Å²) in [5.74, 6) is -0.336. The molecule has 0 aliphatic carbocycles. The molecule has 0 aliphatic rings. The van der Waals surface area contributed by atoms with Gasteiger partial charge in [-0.3, -0.25) is 9.59 Å². The van der Waals surface area contributed by atoms with Gasteiger partial charge in [0.1, 0.15) is 6.61 Å². The van der Waals surface area contributed by atoms with Gasteiger partial charge in [-0.1, -0.05) is 12.1 Å². The van der Waals surface area contributed by atoms with Crippen LogP contribution in [0.25, 0.3) is 10.1 Å². The summed E-state index contributed by atoms with van der Waals surface area (Å²) in [6.07, 6.45) is 0. The van der Waals surface area contributed by atoms with Crippen molar-refractivity contribution in [3.8, 4) is 0 Å². The number of fused-ring (bicyclic) bond motifs is 1. The maximum absolute atomic E-state index is 12.1. The van der Waals surface area contributed by atoms with Crippen LogP contribution in [0.2, 0.25) is 0 Å². The Hall–Kier alpha value is -1.68. The quantitative estimate of drug-likeness (QED) is 0.767. The van der Waals surface area contributed by atoms with Crippen LogP contribution in [0, 0.1) is 6.92 Å². The summed E-state index contributed by atoms with van der Waals surface area (Å²) in [5, 5.41) is 0.724. The molecule has 0 bridgehead atoms. The Kier molecular flexibility index (Phi) is 3.24. The fraction of sp³-hybridized carbons (Fsp3) is 0.231. The van der Waals surface area contributed by atoms with Gasteiger partial charge in [0, 0.05) is 27.5 Å². The number of ether oxygens (including phenoxy) is 1. The normalized spacial score (nSPS) is 10.5. The summed E-state index contributed by atoms with van der Waals surface area (Å²) in [5.41, 5.74) is 0.677. The lowest BCUT2D eigenvalue weighted by Crippen LogP contribution is -2.09. The van der Waals surface area contributed by atoms with Crippen molar-refractivity contribution >= 4 is 27.4 Å². The van der Waals surface area contributed by atoms with Gasteiger partial charge in [0.05, 0.1) is 0 Å². The molecule has 1 aromatic heterocycles. The molecule has 17 heavy (non-hydrogen) atoms. The van der Waals surface area contributed by atoms with Crippen LogP contribution in [-0.4, -0.2) is 5.97 Å². The third-order valence-electron chi connectivity index (χ3n) is 2.53. The maximum Gasteiger partial charge on any atom is 0.302 e. The van der Waals surface area contributed by atoms with Crippen LogP contribution >= 0.6 is 11.3 Å². The average molecular weight is 248 g/mol. The minimum Gasteiger partial charge on any atom is -0.460 e. The Morgan fingerprint density at radius 3 is 2.76 bits per heavy atom. The van der Waals surface area contributed by atoms with Crippen LogP contribution in [-0.2, 0) is 16.1 Å². The van der Waals surface area contributed by atoms with E-state index in [1.807, 2.05) is 24.3 Å². The van der Waals surface area contributed by atoms with Crippen molar-refractivity contribution in [1.82, 2.24) is 0 Å².